The van der Waals surface area contributed by atoms with Gasteiger partial charge in [0.15, 0.2) is 0 Å². The van der Waals surface area contributed by atoms with Crippen molar-refractivity contribution in [2.24, 2.45) is 11.8 Å². The molecule has 4 nitrogen and oxygen atoms in total. The lowest BCUT2D eigenvalue weighted by Crippen LogP contribution is -2.26. The number of benzene rings is 1. The lowest BCUT2D eigenvalue weighted by molar-refractivity contribution is -0.121. The summed E-state index contributed by atoms with van der Waals surface area (Å²) in [5.74, 6) is 0.566. The van der Waals surface area contributed by atoms with Gasteiger partial charge in [-0.1, -0.05) is 6.92 Å². The number of amides is 1. The summed E-state index contributed by atoms with van der Waals surface area (Å²) in [4.78, 5) is 23.5. The third-order valence-corrected chi connectivity index (χ3v) is 3.96. The van der Waals surface area contributed by atoms with Gasteiger partial charge in [0.2, 0.25) is 5.91 Å². The Balaban J connectivity index is 1.92. The lowest BCUT2D eigenvalue weighted by Gasteiger charge is -2.25. The van der Waals surface area contributed by atoms with E-state index in [1.54, 1.807) is 24.3 Å². The van der Waals surface area contributed by atoms with E-state index >= 15 is 0 Å². The van der Waals surface area contributed by atoms with Gasteiger partial charge in [0.1, 0.15) is 0 Å². The molecular weight excluding hydrogens is 254 g/mol. The molecule has 1 aliphatic rings. The van der Waals surface area contributed by atoms with Crippen LogP contribution < -0.4 is 5.32 Å². The highest BCUT2D eigenvalue weighted by Gasteiger charge is 2.24. The number of hydrogen-bond acceptors (Lipinski definition) is 3. The zero-order chi connectivity index (χ0) is 14.5. The maximum absolute atomic E-state index is 12.1. The number of hydrogen-bond donors (Lipinski definition) is 1. The van der Waals surface area contributed by atoms with Gasteiger partial charge < -0.3 is 10.1 Å². The molecule has 1 amide bonds. The van der Waals surface area contributed by atoms with E-state index in [-0.39, 0.29) is 17.8 Å². The standard InChI is InChI=1S/C16H21NO3/c1-11-3-5-12(6-4-11)15(18)17-14-9-7-13(8-10-14)16(19)20-2/h7-12H,3-6H2,1-2H3,(H,17,18). The van der Waals surface area contributed by atoms with Crippen LogP contribution in [-0.2, 0) is 9.53 Å². The summed E-state index contributed by atoms with van der Waals surface area (Å²) in [6, 6.07) is 6.78. The quantitative estimate of drug-likeness (QED) is 0.862. The van der Waals surface area contributed by atoms with E-state index in [2.05, 4.69) is 17.0 Å². The van der Waals surface area contributed by atoms with E-state index in [0.717, 1.165) is 37.3 Å². The lowest BCUT2D eigenvalue weighted by atomic mass is 9.82. The molecule has 1 aromatic carbocycles. The monoisotopic (exact) mass is 275 g/mol. The third kappa shape index (κ3) is 3.59. The third-order valence-electron chi connectivity index (χ3n) is 3.96. The summed E-state index contributed by atoms with van der Waals surface area (Å²) < 4.78 is 4.64. The molecule has 0 atom stereocenters. The molecule has 0 unspecified atom stereocenters. The van der Waals surface area contributed by atoms with Crippen molar-refractivity contribution in [3.8, 4) is 0 Å². The van der Waals surface area contributed by atoms with Gasteiger partial charge in [-0.25, -0.2) is 4.79 Å². The average Bonchev–Trinajstić information content (AvgIpc) is 2.48. The van der Waals surface area contributed by atoms with Crippen molar-refractivity contribution in [1.82, 2.24) is 0 Å². The molecule has 0 spiro atoms. The first-order valence-electron chi connectivity index (χ1n) is 7.09. The minimum atomic E-state index is -0.371. The minimum absolute atomic E-state index is 0.0859. The Morgan fingerprint density at radius 2 is 1.70 bits per heavy atom. The first-order valence-corrected chi connectivity index (χ1v) is 7.09. The van der Waals surface area contributed by atoms with E-state index in [1.165, 1.54) is 7.11 Å². The molecule has 1 saturated carbocycles. The van der Waals surface area contributed by atoms with Crippen LogP contribution in [0.5, 0.6) is 0 Å². The second kappa shape index (κ2) is 6.55. The van der Waals surface area contributed by atoms with E-state index in [9.17, 15) is 9.59 Å². The summed E-state index contributed by atoms with van der Waals surface area (Å²) >= 11 is 0. The van der Waals surface area contributed by atoms with Crippen molar-refractivity contribution in [1.29, 1.82) is 0 Å². The maximum atomic E-state index is 12.1. The van der Waals surface area contributed by atoms with Crippen LogP contribution >= 0.6 is 0 Å². The Kier molecular flexibility index (Phi) is 4.77. The molecule has 0 aromatic heterocycles. The maximum Gasteiger partial charge on any atom is 0.337 e. The van der Waals surface area contributed by atoms with Crippen LogP contribution in [0.1, 0.15) is 43.0 Å². The molecule has 108 valence electrons. The highest BCUT2D eigenvalue weighted by molar-refractivity contribution is 5.94. The van der Waals surface area contributed by atoms with Gasteiger partial charge in [-0.3, -0.25) is 4.79 Å². The SMILES string of the molecule is COC(=O)c1ccc(NC(=O)C2CCC(C)CC2)cc1. The minimum Gasteiger partial charge on any atom is -0.465 e. The first-order chi connectivity index (χ1) is 9.60. The van der Waals surface area contributed by atoms with Crippen LogP contribution in [0.15, 0.2) is 24.3 Å². The fraction of sp³-hybridized carbons (Fsp3) is 0.500. The summed E-state index contributed by atoms with van der Waals surface area (Å²) in [5.41, 5.74) is 1.21. The molecule has 0 aliphatic heterocycles. The fourth-order valence-electron chi connectivity index (χ4n) is 2.57. The van der Waals surface area contributed by atoms with Crippen molar-refractivity contribution >= 4 is 17.6 Å². The smallest absolute Gasteiger partial charge is 0.337 e. The molecule has 0 bridgehead atoms. The van der Waals surface area contributed by atoms with E-state index in [4.69, 9.17) is 0 Å². The predicted octanol–water partition coefficient (Wildman–Crippen LogP) is 3.24. The van der Waals surface area contributed by atoms with Gasteiger partial charge >= 0.3 is 5.97 Å². The normalized spacial score (nSPS) is 22.1. The zero-order valence-corrected chi connectivity index (χ0v) is 12.0. The highest BCUT2D eigenvalue weighted by Crippen LogP contribution is 2.29. The summed E-state index contributed by atoms with van der Waals surface area (Å²) in [6.45, 7) is 2.24. The molecule has 0 saturated heterocycles. The van der Waals surface area contributed by atoms with Crippen LogP contribution in [-0.4, -0.2) is 19.0 Å². The van der Waals surface area contributed by atoms with Crippen molar-refractivity contribution < 1.29 is 14.3 Å². The van der Waals surface area contributed by atoms with Crippen molar-refractivity contribution in [3.63, 3.8) is 0 Å². The Morgan fingerprint density at radius 3 is 2.25 bits per heavy atom. The number of nitrogens with one attached hydrogen (secondary N) is 1. The number of ether oxygens (including phenoxy) is 1. The Hall–Kier alpha value is -1.84. The van der Waals surface area contributed by atoms with Gasteiger partial charge in [-0.2, -0.15) is 0 Å². The van der Waals surface area contributed by atoms with Crippen LogP contribution in [0.4, 0.5) is 5.69 Å². The van der Waals surface area contributed by atoms with Crippen molar-refractivity contribution in [2.75, 3.05) is 12.4 Å². The van der Waals surface area contributed by atoms with Crippen LogP contribution in [0.25, 0.3) is 0 Å². The molecule has 0 heterocycles. The zero-order valence-electron chi connectivity index (χ0n) is 12.0. The second-order valence-electron chi connectivity index (χ2n) is 5.51. The molecule has 1 aliphatic carbocycles. The van der Waals surface area contributed by atoms with E-state index in [0.29, 0.717) is 5.56 Å². The Bertz CT molecular complexity index is 473. The van der Waals surface area contributed by atoms with Crippen LogP contribution in [0, 0.1) is 11.8 Å². The number of anilines is 1. The molecule has 1 aromatic rings. The molecular formula is C16H21NO3. The fourth-order valence-corrected chi connectivity index (χ4v) is 2.57. The largest absolute Gasteiger partial charge is 0.465 e. The van der Waals surface area contributed by atoms with E-state index < -0.39 is 0 Å². The number of methoxy groups -OCH3 is 1. The number of carbonyl (C=O) groups excluding carboxylic acids is 2. The van der Waals surface area contributed by atoms with Gasteiger partial charge in [0.25, 0.3) is 0 Å². The first kappa shape index (κ1) is 14.6. The van der Waals surface area contributed by atoms with E-state index in [1.807, 2.05) is 0 Å². The second-order valence-corrected chi connectivity index (χ2v) is 5.51. The summed E-state index contributed by atoms with van der Waals surface area (Å²) in [7, 11) is 1.35. The number of carbonyl (C=O) groups is 2. The van der Waals surface area contributed by atoms with Gasteiger partial charge in [0, 0.05) is 11.6 Å². The van der Waals surface area contributed by atoms with Crippen LogP contribution in [0.2, 0.25) is 0 Å². The predicted molar refractivity (Wildman–Crippen MR) is 77.5 cm³/mol. The molecule has 1 N–H and O–H groups in total. The molecule has 4 heteroatoms. The Labute approximate surface area is 119 Å². The molecule has 20 heavy (non-hydrogen) atoms. The molecule has 0 radical (unpaired) electrons. The number of esters is 1. The van der Waals surface area contributed by atoms with Gasteiger partial charge in [-0.15, -0.1) is 0 Å². The van der Waals surface area contributed by atoms with Gasteiger partial charge in [-0.05, 0) is 55.9 Å². The van der Waals surface area contributed by atoms with Crippen molar-refractivity contribution in [2.45, 2.75) is 32.6 Å². The highest BCUT2D eigenvalue weighted by atomic mass is 16.5. The molecule has 2 rings (SSSR count). The van der Waals surface area contributed by atoms with Crippen molar-refractivity contribution in [3.05, 3.63) is 29.8 Å². The summed E-state index contributed by atoms with van der Waals surface area (Å²) in [6.07, 6.45) is 4.18. The average molecular weight is 275 g/mol. The summed E-state index contributed by atoms with van der Waals surface area (Å²) in [5, 5.41) is 2.92. The number of rotatable bonds is 3. The topological polar surface area (TPSA) is 55.4 Å². The van der Waals surface area contributed by atoms with Gasteiger partial charge in [0.05, 0.1) is 12.7 Å². The van der Waals surface area contributed by atoms with Crippen LogP contribution in [0.3, 0.4) is 0 Å². The molecule has 1 fully saturated rings. The Morgan fingerprint density at radius 1 is 1.10 bits per heavy atom.